The first-order chi connectivity index (χ1) is 16.2. The molecule has 0 spiro atoms. The maximum absolute atomic E-state index is 15.1. The van der Waals surface area contributed by atoms with Gasteiger partial charge >= 0.3 is 6.01 Å². The quantitative estimate of drug-likeness (QED) is 0.473. The highest BCUT2D eigenvalue weighted by Crippen LogP contribution is 2.49. The summed E-state index contributed by atoms with van der Waals surface area (Å²) in [5, 5.41) is 0.00633. The molecular weight excluding hydrogens is 459 g/mol. The standard InChI is InChI=1S/C22H25Cl2F2N5O/c23-15-13-4-1-2-7-31(18(13)15)20-14-9-27-19(24)16(26)17(14)28-21(29-20)32-11-22-5-3-6-30(22)10-12(25)8-22/h9,12-13,15,18H,1-8,10-11H2/t12-,13?,15?,18?,22+/m1/s1/i11D2. The van der Waals surface area contributed by atoms with Gasteiger partial charge in [0, 0.05) is 25.7 Å². The molecule has 4 aliphatic rings. The van der Waals surface area contributed by atoms with Crippen molar-refractivity contribution in [2.45, 2.75) is 61.7 Å². The number of fused-ring (bicyclic) bond motifs is 3. The summed E-state index contributed by atoms with van der Waals surface area (Å²) in [7, 11) is 0. The maximum atomic E-state index is 15.1. The van der Waals surface area contributed by atoms with Crippen molar-refractivity contribution in [3.63, 3.8) is 0 Å². The minimum Gasteiger partial charge on any atom is -0.461 e. The summed E-state index contributed by atoms with van der Waals surface area (Å²) in [6.07, 6.45) is 4.55. The Hall–Kier alpha value is -1.51. The number of halogens is 4. The zero-order chi connectivity index (χ0) is 23.8. The van der Waals surface area contributed by atoms with Crippen LogP contribution in [0, 0.1) is 11.7 Å². The van der Waals surface area contributed by atoms with Gasteiger partial charge < -0.3 is 9.64 Å². The highest BCUT2D eigenvalue weighted by molar-refractivity contribution is 6.30. The predicted octanol–water partition coefficient (Wildman–Crippen LogP) is 4.37. The highest BCUT2D eigenvalue weighted by Gasteiger charge is 2.54. The van der Waals surface area contributed by atoms with Crippen molar-refractivity contribution >= 4 is 39.9 Å². The molecule has 0 radical (unpaired) electrons. The summed E-state index contributed by atoms with van der Waals surface area (Å²) in [5.41, 5.74) is -1.19. The molecule has 0 aromatic carbocycles. The number of nitrogens with zero attached hydrogens (tertiary/aromatic N) is 5. The number of hydrogen-bond donors (Lipinski definition) is 0. The molecule has 3 unspecified atom stereocenters. The van der Waals surface area contributed by atoms with Crippen LogP contribution in [0.5, 0.6) is 6.01 Å². The topological polar surface area (TPSA) is 54.4 Å². The molecule has 0 N–H and O–H groups in total. The van der Waals surface area contributed by atoms with Gasteiger partial charge in [-0.3, -0.25) is 4.90 Å². The SMILES string of the molecule is [2H]C([2H])(Oc1nc(N2CCCCC3C(Cl)C32)c2cnc(Cl)c(F)c2n1)[C@@]12CCCN1C[C@H](F)C2. The van der Waals surface area contributed by atoms with Gasteiger partial charge in [-0.1, -0.05) is 18.0 Å². The molecule has 10 heteroatoms. The highest BCUT2D eigenvalue weighted by atomic mass is 35.5. The third-order valence-corrected chi connectivity index (χ3v) is 8.23. The van der Waals surface area contributed by atoms with Crippen LogP contribution in [-0.4, -0.2) is 69.2 Å². The van der Waals surface area contributed by atoms with Gasteiger partial charge in [-0.25, -0.2) is 13.8 Å². The van der Waals surface area contributed by atoms with Crippen molar-refractivity contribution in [3.05, 3.63) is 17.2 Å². The monoisotopic (exact) mass is 485 g/mol. The van der Waals surface area contributed by atoms with Crippen LogP contribution in [0.2, 0.25) is 5.15 Å². The van der Waals surface area contributed by atoms with Crippen LogP contribution >= 0.6 is 23.2 Å². The van der Waals surface area contributed by atoms with Gasteiger partial charge in [0.25, 0.3) is 0 Å². The maximum Gasteiger partial charge on any atom is 0.319 e. The number of anilines is 1. The molecule has 5 atom stereocenters. The van der Waals surface area contributed by atoms with Crippen molar-refractivity contribution in [1.82, 2.24) is 19.9 Å². The molecule has 2 aromatic heterocycles. The Morgan fingerprint density at radius 2 is 2.16 bits per heavy atom. The van der Waals surface area contributed by atoms with Crippen molar-refractivity contribution in [2.75, 3.05) is 31.1 Å². The molecule has 172 valence electrons. The molecule has 32 heavy (non-hydrogen) atoms. The smallest absolute Gasteiger partial charge is 0.319 e. The molecule has 3 saturated heterocycles. The van der Waals surface area contributed by atoms with Gasteiger partial charge in [0.2, 0.25) is 0 Å². The van der Waals surface area contributed by atoms with Crippen molar-refractivity contribution in [3.8, 4) is 6.01 Å². The van der Waals surface area contributed by atoms with Gasteiger partial charge in [0.1, 0.15) is 24.1 Å². The molecule has 6 rings (SSSR count). The molecular formula is C22H25Cl2F2N5O. The van der Waals surface area contributed by atoms with Gasteiger partial charge in [-0.2, -0.15) is 9.97 Å². The molecule has 0 bridgehead atoms. The summed E-state index contributed by atoms with van der Waals surface area (Å²) in [6.45, 7) is -0.819. The first-order valence-electron chi connectivity index (χ1n) is 12.2. The third kappa shape index (κ3) is 3.32. The largest absolute Gasteiger partial charge is 0.461 e. The van der Waals surface area contributed by atoms with E-state index in [4.69, 9.17) is 30.7 Å². The Bertz CT molecular complexity index is 1150. The molecule has 3 aliphatic heterocycles. The number of hydrogen-bond acceptors (Lipinski definition) is 6. The van der Waals surface area contributed by atoms with E-state index in [1.165, 1.54) is 6.20 Å². The molecule has 1 aliphatic carbocycles. The number of pyridine rings is 1. The van der Waals surface area contributed by atoms with E-state index in [1.807, 2.05) is 9.80 Å². The fourth-order valence-corrected chi connectivity index (χ4v) is 6.42. The van der Waals surface area contributed by atoms with Crippen LogP contribution in [-0.2, 0) is 0 Å². The van der Waals surface area contributed by atoms with Crippen LogP contribution in [0.25, 0.3) is 10.9 Å². The van der Waals surface area contributed by atoms with Crippen LogP contribution in [0.4, 0.5) is 14.6 Å². The minimum absolute atomic E-state index is 0.0304. The van der Waals surface area contributed by atoms with Crippen LogP contribution in [0.1, 0.15) is 41.3 Å². The summed E-state index contributed by atoms with van der Waals surface area (Å²) >= 11 is 12.5. The van der Waals surface area contributed by atoms with Crippen molar-refractivity contribution < 1.29 is 16.3 Å². The van der Waals surface area contributed by atoms with Gasteiger partial charge in [-0.15, -0.1) is 11.6 Å². The Kier molecular flexibility index (Phi) is 4.58. The zero-order valence-electron chi connectivity index (χ0n) is 19.4. The fourth-order valence-electron chi connectivity index (χ4n) is 5.77. The number of alkyl halides is 2. The van der Waals surface area contributed by atoms with Crippen LogP contribution < -0.4 is 9.64 Å². The zero-order valence-corrected chi connectivity index (χ0v) is 18.9. The Labute approximate surface area is 198 Å². The van der Waals surface area contributed by atoms with E-state index in [2.05, 4.69) is 15.0 Å². The lowest BCUT2D eigenvalue weighted by Gasteiger charge is -2.31. The average Bonchev–Trinajstić information content (AvgIpc) is 3.14. The van der Waals surface area contributed by atoms with E-state index in [0.29, 0.717) is 36.6 Å². The Balaban J connectivity index is 1.44. The lowest BCUT2D eigenvalue weighted by atomic mass is 9.95. The van der Waals surface area contributed by atoms with Crippen molar-refractivity contribution in [1.29, 1.82) is 0 Å². The fraction of sp³-hybridized carbons (Fsp3) is 0.682. The van der Waals surface area contributed by atoms with Gasteiger partial charge in [0.15, 0.2) is 11.0 Å². The van der Waals surface area contributed by atoms with E-state index in [1.54, 1.807) is 0 Å². The van der Waals surface area contributed by atoms with Crippen LogP contribution in [0.3, 0.4) is 0 Å². The molecule has 0 amide bonds. The van der Waals surface area contributed by atoms with E-state index < -0.39 is 24.1 Å². The van der Waals surface area contributed by atoms with E-state index in [0.717, 1.165) is 25.7 Å². The number of aromatic nitrogens is 3. The van der Waals surface area contributed by atoms with E-state index in [-0.39, 0.29) is 41.1 Å². The van der Waals surface area contributed by atoms with Gasteiger partial charge in [-0.05, 0) is 38.1 Å². The molecule has 4 fully saturated rings. The first-order valence-corrected chi connectivity index (χ1v) is 12.0. The third-order valence-electron chi connectivity index (χ3n) is 7.39. The van der Waals surface area contributed by atoms with Gasteiger partial charge in [0.05, 0.1) is 25.1 Å². The normalized spacial score (nSPS) is 35.8. The molecule has 5 heterocycles. The van der Waals surface area contributed by atoms with E-state index >= 15 is 4.39 Å². The summed E-state index contributed by atoms with van der Waals surface area (Å²) in [5.74, 6) is -0.0846. The Morgan fingerprint density at radius 1 is 1.28 bits per heavy atom. The second kappa shape index (κ2) is 7.77. The predicted molar refractivity (Wildman–Crippen MR) is 119 cm³/mol. The second-order valence-corrected chi connectivity index (χ2v) is 10.2. The van der Waals surface area contributed by atoms with Crippen molar-refractivity contribution in [2.24, 2.45) is 5.92 Å². The number of ether oxygens (including phenoxy) is 1. The molecule has 2 aromatic rings. The Morgan fingerprint density at radius 3 is 3.03 bits per heavy atom. The number of rotatable bonds is 4. The summed E-state index contributed by atoms with van der Waals surface area (Å²) in [4.78, 5) is 16.6. The summed E-state index contributed by atoms with van der Waals surface area (Å²) in [6, 6.07) is -0.249. The minimum atomic E-state index is -2.28. The average molecular weight is 486 g/mol. The van der Waals surface area contributed by atoms with E-state index in [9.17, 15) is 4.39 Å². The lowest BCUT2D eigenvalue weighted by molar-refractivity contribution is 0.107. The lowest BCUT2D eigenvalue weighted by Crippen LogP contribution is -2.43. The first kappa shape index (κ1) is 18.9. The molecule has 1 saturated carbocycles. The van der Waals surface area contributed by atoms with Crippen LogP contribution in [0.15, 0.2) is 6.20 Å². The molecule has 6 nitrogen and oxygen atoms in total. The second-order valence-electron chi connectivity index (χ2n) is 9.33. The summed E-state index contributed by atoms with van der Waals surface area (Å²) < 4.78 is 52.7.